The molecule has 29 heavy (non-hydrogen) atoms. The maximum atomic E-state index is 13.6. The Hall–Kier alpha value is -2.59. The van der Waals surface area contributed by atoms with Gasteiger partial charge in [0.05, 0.1) is 6.20 Å². The van der Waals surface area contributed by atoms with E-state index >= 15 is 0 Å². The number of piperidine rings is 1. The van der Waals surface area contributed by atoms with Gasteiger partial charge < -0.3 is 15.5 Å². The van der Waals surface area contributed by atoms with Crippen LogP contribution >= 0.6 is 12.4 Å². The van der Waals surface area contributed by atoms with Crippen LogP contribution in [0.4, 0.5) is 8.78 Å². The topological polar surface area (TPSA) is 92.2 Å². The van der Waals surface area contributed by atoms with Gasteiger partial charge in [-0.3, -0.25) is 9.59 Å². The maximum Gasteiger partial charge on any atom is 0.273 e. The first kappa shape index (κ1) is 22.7. The summed E-state index contributed by atoms with van der Waals surface area (Å²) in [6, 6.07) is 3.49. The lowest BCUT2D eigenvalue weighted by Gasteiger charge is -2.33. The zero-order chi connectivity index (χ0) is 20.3. The summed E-state index contributed by atoms with van der Waals surface area (Å²) in [4.78, 5) is 25.7. The summed E-state index contributed by atoms with van der Waals surface area (Å²) in [7, 11) is 3.25. The lowest BCUT2D eigenvalue weighted by molar-refractivity contribution is -0.129. The third kappa shape index (κ3) is 5.48. The highest BCUT2D eigenvalue weighted by molar-refractivity contribution is 5.92. The van der Waals surface area contributed by atoms with Crippen molar-refractivity contribution >= 4 is 24.2 Å². The van der Waals surface area contributed by atoms with E-state index < -0.39 is 17.5 Å². The number of nitrogens with one attached hydrogen (secondary N) is 2. The number of hydrogen-bond donors (Lipinski definition) is 2. The summed E-state index contributed by atoms with van der Waals surface area (Å²) in [5.74, 6) is -2.58. The van der Waals surface area contributed by atoms with Gasteiger partial charge in [-0.05, 0) is 30.7 Å². The van der Waals surface area contributed by atoms with Gasteiger partial charge >= 0.3 is 0 Å². The van der Waals surface area contributed by atoms with Gasteiger partial charge in [-0.15, -0.1) is 17.5 Å². The molecule has 0 saturated carbocycles. The van der Waals surface area contributed by atoms with E-state index in [1.54, 1.807) is 14.1 Å². The number of carbonyl (C=O) groups excluding carboxylic acids is 2. The smallest absolute Gasteiger partial charge is 0.273 e. The molecule has 0 spiro atoms. The Balaban J connectivity index is 0.00000300. The molecule has 8 nitrogen and oxygen atoms in total. The lowest BCUT2D eigenvalue weighted by Crippen LogP contribution is -2.50. The van der Waals surface area contributed by atoms with Crippen LogP contribution in [0.5, 0.6) is 0 Å². The summed E-state index contributed by atoms with van der Waals surface area (Å²) in [5.41, 5.74) is 0.715. The molecular formula is C18H23ClF2N6O2. The Morgan fingerprint density at radius 2 is 2.07 bits per heavy atom. The third-order valence-electron chi connectivity index (χ3n) is 4.74. The molecule has 2 aromatic rings. The molecule has 2 heterocycles. The monoisotopic (exact) mass is 428 g/mol. The minimum Gasteiger partial charge on any atom is -0.347 e. The predicted octanol–water partition coefficient (Wildman–Crippen LogP) is 0.942. The first-order valence-electron chi connectivity index (χ1n) is 8.92. The SMILES string of the molecule is CN(C)C(=O)Cn1cc(C(=O)NC2CNCCC2c2ccc(F)c(F)c2)nn1.Cl. The molecule has 1 aliphatic rings. The van der Waals surface area contributed by atoms with Crippen LogP contribution in [0, 0.1) is 11.6 Å². The van der Waals surface area contributed by atoms with Crippen LogP contribution in [0.2, 0.25) is 0 Å². The number of nitrogens with zero attached hydrogens (tertiary/aromatic N) is 4. The standard InChI is InChI=1S/C18H22F2N6O2.ClH/c1-25(2)17(27)10-26-9-16(23-24-26)18(28)22-15-8-21-6-5-12(15)11-3-4-13(19)14(20)7-11;/h3-4,7,9,12,15,21H,5-6,8,10H2,1-2H3,(H,22,28);1H. The number of amides is 2. The van der Waals surface area contributed by atoms with Crippen molar-refractivity contribution in [2.45, 2.75) is 24.9 Å². The molecule has 11 heteroatoms. The second-order valence-corrected chi connectivity index (χ2v) is 6.94. The minimum absolute atomic E-state index is 0. The number of benzene rings is 1. The summed E-state index contributed by atoms with van der Waals surface area (Å²) < 4.78 is 28.2. The van der Waals surface area contributed by atoms with Crippen LogP contribution in [-0.4, -0.2) is 64.9 Å². The number of halogens is 3. The van der Waals surface area contributed by atoms with Crippen LogP contribution < -0.4 is 10.6 Å². The van der Waals surface area contributed by atoms with E-state index in [1.165, 1.54) is 27.9 Å². The van der Waals surface area contributed by atoms with Gasteiger partial charge in [-0.2, -0.15) is 0 Å². The average Bonchev–Trinajstić information content (AvgIpc) is 3.13. The molecule has 0 bridgehead atoms. The first-order valence-corrected chi connectivity index (χ1v) is 8.92. The Labute approximate surface area is 173 Å². The van der Waals surface area contributed by atoms with Gasteiger partial charge in [0.2, 0.25) is 5.91 Å². The molecule has 2 unspecified atom stereocenters. The van der Waals surface area contributed by atoms with Crippen molar-refractivity contribution in [3.8, 4) is 0 Å². The van der Waals surface area contributed by atoms with Gasteiger partial charge in [0.15, 0.2) is 17.3 Å². The molecule has 2 N–H and O–H groups in total. The normalized spacial score (nSPS) is 18.6. The number of carbonyl (C=O) groups is 2. The minimum atomic E-state index is -0.908. The van der Waals surface area contributed by atoms with Crippen molar-refractivity contribution < 1.29 is 18.4 Å². The fourth-order valence-corrected chi connectivity index (χ4v) is 3.15. The van der Waals surface area contributed by atoms with Crippen molar-refractivity contribution in [3.05, 3.63) is 47.3 Å². The fraction of sp³-hybridized carbons (Fsp3) is 0.444. The second kappa shape index (κ2) is 9.75. The number of hydrogen-bond acceptors (Lipinski definition) is 5. The first-order chi connectivity index (χ1) is 13.3. The van der Waals surface area contributed by atoms with Crippen molar-refractivity contribution in [2.75, 3.05) is 27.2 Å². The van der Waals surface area contributed by atoms with Crippen LogP contribution in [-0.2, 0) is 11.3 Å². The highest BCUT2D eigenvalue weighted by atomic mass is 35.5. The summed E-state index contributed by atoms with van der Waals surface area (Å²) in [6.07, 6.45) is 2.07. The van der Waals surface area contributed by atoms with E-state index in [4.69, 9.17) is 0 Å². The number of likely N-dealkylation sites (N-methyl/N-ethyl adjacent to an activating group) is 1. The van der Waals surface area contributed by atoms with Gasteiger partial charge in [-0.1, -0.05) is 11.3 Å². The molecule has 1 aromatic heterocycles. The van der Waals surface area contributed by atoms with Crippen LogP contribution in [0.15, 0.2) is 24.4 Å². The van der Waals surface area contributed by atoms with E-state index in [9.17, 15) is 18.4 Å². The Bertz CT molecular complexity index is 876. The average molecular weight is 429 g/mol. The van der Waals surface area contributed by atoms with Crippen LogP contribution in [0.1, 0.15) is 28.4 Å². The molecular weight excluding hydrogens is 406 g/mol. The van der Waals surface area contributed by atoms with E-state index in [0.29, 0.717) is 25.1 Å². The zero-order valence-corrected chi connectivity index (χ0v) is 16.9. The molecule has 1 aliphatic heterocycles. The van der Waals surface area contributed by atoms with Crippen molar-refractivity contribution in [3.63, 3.8) is 0 Å². The number of aromatic nitrogens is 3. The quantitative estimate of drug-likeness (QED) is 0.739. The van der Waals surface area contributed by atoms with Gasteiger partial charge in [-0.25, -0.2) is 13.5 Å². The van der Waals surface area contributed by atoms with Crippen molar-refractivity contribution in [1.82, 2.24) is 30.5 Å². The van der Waals surface area contributed by atoms with E-state index in [0.717, 1.165) is 6.07 Å². The summed E-state index contributed by atoms with van der Waals surface area (Å²) in [6.45, 7) is 1.18. The van der Waals surface area contributed by atoms with Crippen LogP contribution in [0.3, 0.4) is 0 Å². The fourth-order valence-electron chi connectivity index (χ4n) is 3.15. The Morgan fingerprint density at radius 3 is 2.76 bits per heavy atom. The Morgan fingerprint density at radius 1 is 1.31 bits per heavy atom. The Kier molecular flexibility index (Phi) is 7.63. The summed E-state index contributed by atoms with van der Waals surface area (Å²) >= 11 is 0. The lowest BCUT2D eigenvalue weighted by atomic mass is 9.86. The highest BCUT2D eigenvalue weighted by Crippen LogP contribution is 2.27. The van der Waals surface area contributed by atoms with Gasteiger partial charge in [0, 0.05) is 32.6 Å². The van der Waals surface area contributed by atoms with Crippen molar-refractivity contribution in [1.29, 1.82) is 0 Å². The molecule has 2 amide bonds. The highest BCUT2D eigenvalue weighted by Gasteiger charge is 2.29. The predicted molar refractivity (Wildman–Crippen MR) is 104 cm³/mol. The largest absolute Gasteiger partial charge is 0.347 e. The van der Waals surface area contributed by atoms with E-state index in [1.807, 2.05) is 0 Å². The van der Waals surface area contributed by atoms with Gasteiger partial charge in [0.25, 0.3) is 5.91 Å². The molecule has 1 aromatic carbocycles. The number of rotatable bonds is 5. The van der Waals surface area contributed by atoms with Crippen LogP contribution in [0.25, 0.3) is 0 Å². The van der Waals surface area contributed by atoms with E-state index in [2.05, 4.69) is 20.9 Å². The van der Waals surface area contributed by atoms with Crippen molar-refractivity contribution in [2.24, 2.45) is 0 Å². The molecule has 158 valence electrons. The molecule has 2 atom stereocenters. The maximum absolute atomic E-state index is 13.6. The zero-order valence-electron chi connectivity index (χ0n) is 16.1. The van der Waals surface area contributed by atoms with Gasteiger partial charge in [0.1, 0.15) is 6.54 Å². The molecule has 0 radical (unpaired) electrons. The molecule has 1 saturated heterocycles. The second-order valence-electron chi connectivity index (χ2n) is 6.94. The molecule has 1 fully saturated rings. The summed E-state index contributed by atoms with van der Waals surface area (Å²) in [5, 5.41) is 13.7. The molecule has 0 aliphatic carbocycles. The van der Waals surface area contributed by atoms with E-state index in [-0.39, 0.29) is 42.5 Å². The molecule has 3 rings (SSSR count). The third-order valence-corrected chi connectivity index (χ3v) is 4.74.